The maximum atomic E-state index is 13.8. The van der Waals surface area contributed by atoms with Gasteiger partial charge in [-0.3, -0.25) is 0 Å². The van der Waals surface area contributed by atoms with E-state index < -0.39 is 17.6 Å². The maximum Gasteiger partial charge on any atom is 0.416 e. The molecule has 106 valence electrons. The zero-order chi connectivity index (χ0) is 14.9. The van der Waals surface area contributed by atoms with Gasteiger partial charge in [0.15, 0.2) is 0 Å². The first kappa shape index (κ1) is 14.1. The zero-order valence-corrected chi connectivity index (χ0v) is 10.3. The summed E-state index contributed by atoms with van der Waals surface area (Å²) < 4.78 is 52.8. The average molecular weight is 286 g/mol. The molecule has 1 N–H and O–H groups in total. The minimum absolute atomic E-state index is 0.128. The van der Waals surface area contributed by atoms with Crippen LogP contribution in [0.3, 0.4) is 0 Å². The summed E-state index contributed by atoms with van der Waals surface area (Å²) in [5.41, 5.74) is -1.03. The molecule has 0 radical (unpaired) electrons. The van der Waals surface area contributed by atoms with Crippen LogP contribution in [0.4, 0.5) is 17.6 Å². The van der Waals surface area contributed by atoms with Crippen molar-refractivity contribution in [1.29, 1.82) is 0 Å². The van der Waals surface area contributed by atoms with E-state index in [-0.39, 0.29) is 11.3 Å². The fourth-order valence-electron chi connectivity index (χ4n) is 1.79. The van der Waals surface area contributed by atoms with E-state index in [2.05, 4.69) is 5.16 Å². The molecule has 0 spiro atoms. The molecule has 0 amide bonds. The quantitative estimate of drug-likeness (QED) is 0.390. The average Bonchev–Trinajstić information content (AvgIpc) is 2.77. The molecule has 3 nitrogen and oxygen atoms in total. The van der Waals surface area contributed by atoms with Gasteiger partial charge in [-0.05, 0) is 24.3 Å². The molecule has 0 fully saturated rings. The Kier molecular flexibility index (Phi) is 3.52. The molecule has 0 aliphatic carbocycles. The molecule has 0 atom stereocenters. The van der Waals surface area contributed by atoms with Gasteiger partial charge in [0.05, 0.1) is 5.56 Å². The van der Waals surface area contributed by atoms with Crippen LogP contribution >= 0.6 is 0 Å². The SMILES string of the molecule is Cn1ccc(C(=NO)c2ccc(C(F)(F)F)cc2F)c1. The standard InChI is InChI=1S/C13H10F4N2O/c1-19-5-4-8(7-19)12(18-20)10-3-2-9(6-11(10)14)13(15,16)17/h2-7,20H,1H3. The van der Waals surface area contributed by atoms with Crippen LogP contribution in [0.15, 0.2) is 41.8 Å². The molecule has 1 heterocycles. The Balaban J connectivity index is 2.47. The van der Waals surface area contributed by atoms with Gasteiger partial charge in [-0.2, -0.15) is 13.2 Å². The van der Waals surface area contributed by atoms with Crippen LogP contribution in [-0.2, 0) is 13.2 Å². The second kappa shape index (κ2) is 4.99. The molecule has 1 aromatic carbocycles. The molecular formula is C13H10F4N2O. The number of hydrogen-bond donors (Lipinski definition) is 1. The van der Waals surface area contributed by atoms with Crippen LogP contribution in [-0.4, -0.2) is 15.5 Å². The van der Waals surface area contributed by atoms with Gasteiger partial charge in [0.25, 0.3) is 0 Å². The van der Waals surface area contributed by atoms with Crippen LogP contribution in [0.5, 0.6) is 0 Å². The number of hydrogen-bond acceptors (Lipinski definition) is 2. The van der Waals surface area contributed by atoms with Crippen molar-refractivity contribution < 1.29 is 22.8 Å². The lowest BCUT2D eigenvalue weighted by atomic mass is 10.0. The zero-order valence-electron chi connectivity index (χ0n) is 10.3. The van der Waals surface area contributed by atoms with Crippen LogP contribution in [0.2, 0.25) is 0 Å². The number of aryl methyl sites for hydroxylation is 1. The van der Waals surface area contributed by atoms with Crippen molar-refractivity contribution in [2.75, 3.05) is 0 Å². The van der Waals surface area contributed by atoms with Crippen LogP contribution in [0.1, 0.15) is 16.7 Å². The Morgan fingerprint density at radius 3 is 2.40 bits per heavy atom. The highest BCUT2D eigenvalue weighted by Gasteiger charge is 2.31. The second-order valence-electron chi connectivity index (χ2n) is 4.21. The monoisotopic (exact) mass is 286 g/mol. The van der Waals surface area contributed by atoms with Gasteiger partial charge in [0.2, 0.25) is 0 Å². The van der Waals surface area contributed by atoms with E-state index in [1.807, 2.05) is 0 Å². The maximum absolute atomic E-state index is 13.8. The highest BCUT2D eigenvalue weighted by molar-refractivity contribution is 6.12. The van der Waals surface area contributed by atoms with E-state index in [1.165, 1.54) is 0 Å². The molecule has 0 saturated carbocycles. The number of benzene rings is 1. The van der Waals surface area contributed by atoms with Crippen molar-refractivity contribution in [2.45, 2.75) is 6.18 Å². The second-order valence-corrected chi connectivity index (χ2v) is 4.21. The van der Waals surface area contributed by atoms with Gasteiger partial charge in [-0.1, -0.05) is 5.16 Å². The summed E-state index contributed by atoms with van der Waals surface area (Å²) in [4.78, 5) is 0. The van der Waals surface area contributed by atoms with Crippen molar-refractivity contribution in [3.8, 4) is 0 Å². The summed E-state index contributed by atoms with van der Waals surface area (Å²) in [5.74, 6) is -1.10. The van der Waals surface area contributed by atoms with Crippen LogP contribution < -0.4 is 0 Å². The van der Waals surface area contributed by atoms with Crippen molar-refractivity contribution in [2.24, 2.45) is 12.2 Å². The van der Waals surface area contributed by atoms with Crippen molar-refractivity contribution >= 4 is 5.71 Å². The van der Waals surface area contributed by atoms with E-state index in [9.17, 15) is 17.6 Å². The predicted molar refractivity (Wildman–Crippen MR) is 64.2 cm³/mol. The fraction of sp³-hybridized carbons (Fsp3) is 0.154. The number of aromatic nitrogens is 1. The van der Waals surface area contributed by atoms with Gasteiger partial charge in [0.1, 0.15) is 11.5 Å². The lowest BCUT2D eigenvalue weighted by Gasteiger charge is -2.09. The molecule has 0 bridgehead atoms. The highest BCUT2D eigenvalue weighted by atomic mass is 19.4. The molecule has 2 aromatic rings. The van der Waals surface area contributed by atoms with Crippen molar-refractivity contribution in [3.63, 3.8) is 0 Å². The van der Waals surface area contributed by atoms with Gasteiger partial charge in [-0.25, -0.2) is 4.39 Å². The number of alkyl halides is 3. The van der Waals surface area contributed by atoms with Crippen LogP contribution in [0, 0.1) is 5.82 Å². The molecule has 1 aromatic heterocycles. The molecule has 0 aliphatic heterocycles. The van der Waals surface area contributed by atoms with E-state index >= 15 is 0 Å². The lowest BCUT2D eigenvalue weighted by molar-refractivity contribution is -0.137. The fourth-order valence-corrected chi connectivity index (χ4v) is 1.79. The van der Waals surface area contributed by atoms with Crippen molar-refractivity contribution in [3.05, 3.63) is 59.2 Å². The third-order valence-corrected chi connectivity index (χ3v) is 2.76. The summed E-state index contributed by atoms with van der Waals surface area (Å²) in [7, 11) is 1.71. The molecule has 20 heavy (non-hydrogen) atoms. The molecule has 7 heteroatoms. The largest absolute Gasteiger partial charge is 0.416 e. The number of halogens is 4. The molecule has 0 unspecified atom stereocenters. The molecular weight excluding hydrogens is 276 g/mol. The lowest BCUT2D eigenvalue weighted by Crippen LogP contribution is -2.10. The summed E-state index contributed by atoms with van der Waals surface area (Å²) in [5, 5.41) is 12.0. The minimum atomic E-state index is -4.62. The Morgan fingerprint density at radius 1 is 1.25 bits per heavy atom. The van der Waals surface area contributed by atoms with E-state index in [1.54, 1.807) is 30.1 Å². The summed E-state index contributed by atoms with van der Waals surface area (Å²) in [6, 6.07) is 3.63. The Labute approximate surface area is 111 Å². The number of nitrogens with zero attached hydrogens (tertiary/aromatic N) is 2. The van der Waals surface area contributed by atoms with Crippen LogP contribution in [0.25, 0.3) is 0 Å². The first-order valence-electron chi connectivity index (χ1n) is 5.54. The normalized spacial score (nSPS) is 12.8. The number of oxime groups is 1. The topological polar surface area (TPSA) is 37.5 Å². The third-order valence-electron chi connectivity index (χ3n) is 2.76. The first-order chi connectivity index (χ1) is 9.32. The molecule has 2 rings (SSSR count). The summed E-state index contributed by atoms with van der Waals surface area (Å²) >= 11 is 0. The third kappa shape index (κ3) is 2.66. The minimum Gasteiger partial charge on any atom is -0.410 e. The van der Waals surface area contributed by atoms with Gasteiger partial charge in [-0.15, -0.1) is 0 Å². The van der Waals surface area contributed by atoms with Gasteiger partial charge in [0, 0.05) is 30.6 Å². The Morgan fingerprint density at radius 2 is 1.95 bits per heavy atom. The van der Waals surface area contributed by atoms with Gasteiger partial charge >= 0.3 is 6.18 Å². The van der Waals surface area contributed by atoms with Gasteiger partial charge < -0.3 is 9.77 Å². The summed E-state index contributed by atoms with van der Waals surface area (Å²) in [6.07, 6.45) is -1.42. The highest BCUT2D eigenvalue weighted by Crippen LogP contribution is 2.30. The Hall–Kier alpha value is -2.31. The molecule has 0 aliphatic rings. The van der Waals surface area contributed by atoms with E-state index in [4.69, 9.17) is 5.21 Å². The smallest absolute Gasteiger partial charge is 0.410 e. The predicted octanol–water partition coefficient (Wildman–Crippen LogP) is 3.41. The summed E-state index contributed by atoms with van der Waals surface area (Å²) in [6.45, 7) is 0. The van der Waals surface area contributed by atoms with E-state index in [0.717, 1.165) is 12.1 Å². The van der Waals surface area contributed by atoms with E-state index in [0.29, 0.717) is 11.6 Å². The molecule has 0 saturated heterocycles. The first-order valence-corrected chi connectivity index (χ1v) is 5.54. The number of rotatable bonds is 2. The Bertz CT molecular complexity index is 659. The van der Waals surface area contributed by atoms with Crippen molar-refractivity contribution in [1.82, 2.24) is 4.57 Å².